The first-order valence-corrected chi connectivity index (χ1v) is 8.01. The largest absolute Gasteiger partial charge is 0.382 e. The Hall–Kier alpha value is -1.17. The summed E-state index contributed by atoms with van der Waals surface area (Å²) in [6.07, 6.45) is -0.225. The molecule has 130 valence electrons. The fraction of sp³-hybridized carbons (Fsp3) is 0.333. The van der Waals surface area contributed by atoms with Crippen molar-refractivity contribution in [3.8, 4) is 0 Å². The van der Waals surface area contributed by atoms with Gasteiger partial charge in [-0.15, -0.1) is 12.4 Å². The van der Waals surface area contributed by atoms with Crippen LogP contribution < -0.4 is 5.32 Å². The maximum absolute atomic E-state index is 13.7. The van der Waals surface area contributed by atoms with E-state index in [-0.39, 0.29) is 24.6 Å². The second-order valence-electron chi connectivity index (χ2n) is 5.77. The van der Waals surface area contributed by atoms with Crippen molar-refractivity contribution >= 4 is 24.0 Å². The molecule has 0 aliphatic carbocycles. The minimum absolute atomic E-state index is 0. The van der Waals surface area contributed by atoms with Gasteiger partial charge in [-0.25, -0.2) is 4.39 Å². The molecule has 0 aromatic heterocycles. The van der Waals surface area contributed by atoms with Gasteiger partial charge in [0, 0.05) is 24.5 Å². The van der Waals surface area contributed by atoms with Crippen molar-refractivity contribution < 1.29 is 14.2 Å². The summed E-state index contributed by atoms with van der Waals surface area (Å²) in [5, 5.41) is 15.2. The lowest BCUT2D eigenvalue weighted by atomic mass is 9.82. The monoisotopic (exact) mass is 371 g/mol. The third kappa shape index (κ3) is 4.08. The van der Waals surface area contributed by atoms with Crippen LogP contribution >= 0.6 is 24.0 Å². The van der Waals surface area contributed by atoms with E-state index in [0.717, 1.165) is 12.1 Å². The van der Waals surface area contributed by atoms with Crippen molar-refractivity contribution in [3.05, 3.63) is 70.5 Å². The summed E-state index contributed by atoms with van der Waals surface area (Å²) in [5.41, 5.74) is -0.0678. The molecule has 1 saturated heterocycles. The molecule has 1 unspecified atom stereocenters. The summed E-state index contributed by atoms with van der Waals surface area (Å²) < 4.78 is 19.5. The van der Waals surface area contributed by atoms with Crippen LogP contribution in [0.2, 0.25) is 5.02 Å². The van der Waals surface area contributed by atoms with E-state index >= 15 is 0 Å². The number of ether oxygens (including phenoxy) is 1. The Morgan fingerprint density at radius 1 is 1.25 bits per heavy atom. The zero-order valence-corrected chi connectivity index (χ0v) is 14.6. The average molecular weight is 372 g/mol. The van der Waals surface area contributed by atoms with Gasteiger partial charge in [0.25, 0.3) is 0 Å². The molecule has 1 aliphatic rings. The van der Waals surface area contributed by atoms with Crippen molar-refractivity contribution in [1.29, 1.82) is 0 Å². The summed E-state index contributed by atoms with van der Waals surface area (Å²) in [5.74, 6) is -0.385. The summed E-state index contributed by atoms with van der Waals surface area (Å²) in [6, 6.07) is 13.4. The van der Waals surface area contributed by atoms with Gasteiger partial charge in [0.05, 0.1) is 6.61 Å². The van der Waals surface area contributed by atoms with E-state index in [1.807, 2.05) is 18.2 Å². The van der Waals surface area contributed by atoms with Crippen LogP contribution in [0.5, 0.6) is 0 Å². The van der Waals surface area contributed by atoms with E-state index < -0.39 is 11.7 Å². The molecular weight excluding hydrogens is 352 g/mol. The molecule has 24 heavy (non-hydrogen) atoms. The zero-order chi connectivity index (χ0) is 16.3. The zero-order valence-electron chi connectivity index (χ0n) is 13.0. The number of nitrogens with one attached hydrogen (secondary N) is 1. The smallest absolute Gasteiger partial charge is 0.123 e. The third-order valence-corrected chi connectivity index (χ3v) is 4.57. The summed E-state index contributed by atoms with van der Waals surface area (Å²) in [6.45, 7) is 1.74. The van der Waals surface area contributed by atoms with Crippen LogP contribution in [0.3, 0.4) is 0 Å². The van der Waals surface area contributed by atoms with Gasteiger partial charge < -0.3 is 15.2 Å². The summed E-state index contributed by atoms with van der Waals surface area (Å²) in [7, 11) is 0. The molecule has 0 saturated carbocycles. The fourth-order valence-corrected chi connectivity index (χ4v) is 3.17. The summed E-state index contributed by atoms with van der Waals surface area (Å²) in [4.78, 5) is 0. The Bertz CT molecular complexity index is 680. The van der Waals surface area contributed by atoms with Crippen molar-refractivity contribution in [2.24, 2.45) is 0 Å². The maximum Gasteiger partial charge on any atom is 0.123 e. The molecule has 1 heterocycles. The molecule has 0 bridgehead atoms. The van der Waals surface area contributed by atoms with Crippen LogP contribution in [0.15, 0.2) is 48.5 Å². The molecule has 1 aliphatic heterocycles. The molecule has 2 N–H and O–H groups in total. The highest BCUT2D eigenvalue weighted by Gasteiger charge is 2.41. The van der Waals surface area contributed by atoms with E-state index in [1.165, 1.54) is 12.1 Å². The first-order chi connectivity index (χ1) is 11.1. The number of halogens is 3. The molecular formula is C18H20Cl2FNO2. The topological polar surface area (TPSA) is 41.5 Å². The van der Waals surface area contributed by atoms with Gasteiger partial charge in [-0.3, -0.25) is 0 Å². The second-order valence-corrected chi connectivity index (χ2v) is 6.17. The molecule has 6 heteroatoms. The first kappa shape index (κ1) is 19.2. The number of hydrogen-bond donors (Lipinski definition) is 2. The Morgan fingerprint density at radius 3 is 2.71 bits per heavy atom. The first-order valence-electron chi connectivity index (χ1n) is 7.64. The SMILES string of the molecule is Cl.O[C@](Cc1ccccc1Cl)(c1cccc(F)c1)C1CNCCO1. The summed E-state index contributed by atoms with van der Waals surface area (Å²) >= 11 is 6.25. The molecule has 2 atom stereocenters. The van der Waals surface area contributed by atoms with Gasteiger partial charge in [-0.2, -0.15) is 0 Å². The van der Waals surface area contributed by atoms with E-state index in [2.05, 4.69) is 5.32 Å². The number of rotatable bonds is 4. The molecule has 2 aromatic carbocycles. The minimum atomic E-state index is -1.36. The molecule has 2 aromatic rings. The van der Waals surface area contributed by atoms with Crippen molar-refractivity contribution in [2.75, 3.05) is 19.7 Å². The average Bonchev–Trinajstić information content (AvgIpc) is 2.58. The number of hydrogen-bond acceptors (Lipinski definition) is 3. The van der Waals surface area contributed by atoms with E-state index in [0.29, 0.717) is 23.7 Å². The molecule has 3 nitrogen and oxygen atoms in total. The van der Waals surface area contributed by atoms with Gasteiger partial charge in [-0.1, -0.05) is 41.9 Å². The molecule has 0 amide bonds. The lowest BCUT2D eigenvalue weighted by Gasteiger charge is -2.39. The molecule has 3 rings (SSSR count). The van der Waals surface area contributed by atoms with Crippen LogP contribution in [0.1, 0.15) is 11.1 Å². The highest BCUT2D eigenvalue weighted by molar-refractivity contribution is 6.31. The maximum atomic E-state index is 13.7. The molecule has 0 spiro atoms. The Morgan fingerprint density at radius 2 is 2.04 bits per heavy atom. The van der Waals surface area contributed by atoms with Crippen LogP contribution in [0.25, 0.3) is 0 Å². The highest BCUT2D eigenvalue weighted by atomic mass is 35.5. The third-order valence-electron chi connectivity index (χ3n) is 4.20. The van der Waals surface area contributed by atoms with Gasteiger partial charge in [0.15, 0.2) is 0 Å². The Kier molecular flexibility index (Phi) is 6.61. The van der Waals surface area contributed by atoms with Crippen molar-refractivity contribution in [1.82, 2.24) is 5.32 Å². The lowest BCUT2D eigenvalue weighted by molar-refractivity contribution is -0.124. The van der Waals surface area contributed by atoms with Crippen LogP contribution in [0, 0.1) is 5.82 Å². The van der Waals surface area contributed by atoms with Crippen LogP contribution in [0.4, 0.5) is 4.39 Å². The van der Waals surface area contributed by atoms with E-state index in [4.69, 9.17) is 16.3 Å². The fourth-order valence-electron chi connectivity index (χ4n) is 2.96. The number of aliphatic hydroxyl groups is 1. The van der Waals surface area contributed by atoms with Gasteiger partial charge in [0.2, 0.25) is 0 Å². The van der Waals surface area contributed by atoms with Crippen LogP contribution in [-0.2, 0) is 16.8 Å². The van der Waals surface area contributed by atoms with Gasteiger partial charge >= 0.3 is 0 Å². The van der Waals surface area contributed by atoms with Crippen molar-refractivity contribution in [2.45, 2.75) is 18.1 Å². The predicted molar refractivity (Wildman–Crippen MR) is 95.3 cm³/mol. The Labute approximate surface area is 152 Å². The lowest BCUT2D eigenvalue weighted by Crippen LogP contribution is -2.52. The quantitative estimate of drug-likeness (QED) is 0.865. The Balaban J connectivity index is 0.00000208. The van der Waals surface area contributed by atoms with E-state index in [1.54, 1.807) is 18.2 Å². The van der Waals surface area contributed by atoms with E-state index in [9.17, 15) is 9.50 Å². The minimum Gasteiger partial charge on any atom is -0.382 e. The molecule has 0 radical (unpaired) electrons. The molecule has 1 fully saturated rings. The highest BCUT2D eigenvalue weighted by Crippen LogP contribution is 2.34. The number of benzene rings is 2. The van der Waals surface area contributed by atoms with Crippen molar-refractivity contribution in [3.63, 3.8) is 0 Å². The standard InChI is InChI=1S/C18H19ClFNO2.ClH/c19-16-7-2-1-4-13(16)11-18(22,17-12-21-8-9-23-17)14-5-3-6-15(20)10-14;/h1-7,10,17,21-22H,8-9,11-12H2;1H/t17?,18-;/m1./s1. The van der Waals surface area contributed by atoms with Gasteiger partial charge in [-0.05, 0) is 29.3 Å². The van der Waals surface area contributed by atoms with Crippen LogP contribution in [-0.4, -0.2) is 30.9 Å². The number of morpholine rings is 1. The van der Waals surface area contributed by atoms with Gasteiger partial charge in [0.1, 0.15) is 17.5 Å². The second kappa shape index (κ2) is 8.28. The normalized spacial score (nSPS) is 20.0. The predicted octanol–water partition coefficient (Wildman–Crippen LogP) is 3.32.